The molecule has 0 spiro atoms. The van der Waals surface area contributed by atoms with Gasteiger partial charge in [0.1, 0.15) is 11.5 Å². The van der Waals surface area contributed by atoms with Gasteiger partial charge in [0.05, 0.1) is 5.69 Å². The van der Waals surface area contributed by atoms with E-state index < -0.39 is 0 Å². The van der Waals surface area contributed by atoms with Crippen molar-refractivity contribution in [3.05, 3.63) is 59.7 Å². The van der Waals surface area contributed by atoms with E-state index in [0.717, 1.165) is 12.8 Å². The number of pyridine rings is 1. The minimum atomic E-state index is -0.271. The zero-order valence-corrected chi connectivity index (χ0v) is 16.0. The van der Waals surface area contributed by atoms with Crippen LogP contribution in [0.3, 0.4) is 0 Å². The lowest BCUT2D eigenvalue weighted by Crippen LogP contribution is -2.49. The van der Waals surface area contributed by atoms with Gasteiger partial charge in [-0.25, -0.2) is 4.39 Å². The van der Waals surface area contributed by atoms with Crippen LogP contribution >= 0.6 is 0 Å². The van der Waals surface area contributed by atoms with Gasteiger partial charge in [-0.2, -0.15) is 0 Å². The fourth-order valence-electron chi connectivity index (χ4n) is 3.20. The molecule has 148 valence electrons. The number of hydrogen-bond donors (Lipinski definition) is 1. The first kappa shape index (κ1) is 19.8. The minimum absolute atomic E-state index is 0.141. The first-order valence-electron chi connectivity index (χ1n) is 9.63. The highest BCUT2D eigenvalue weighted by molar-refractivity contribution is 5.98. The predicted molar refractivity (Wildman–Crippen MR) is 106 cm³/mol. The summed E-state index contributed by atoms with van der Waals surface area (Å²) in [6.07, 6.45) is 3.37. The molecule has 1 aromatic carbocycles. The van der Waals surface area contributed by atoms with Gasteiger partial charge >= 0.3 is 0 Å². The Balaban J connectivity index is 1.61. The van der Waals surface area contributed by atoms with Crippen LogP contribution in [0.1, 0.15) is 40.6 Å². The summed E-state index contributed by atoms with van der Waals surface area (Å²) < 4.78 is 14.0. The molecule has 1 aromatic heterocycles. The molecule has 7 heteroatoms. The summed E-state index contributed by atoms with van der Waals surface area (Å²) in [5.74, 6) is -0.666. The topological polar surface area (TPSA) is 65.5 Å². The number of nitrogens with zero attached hydrogens (tertiary/aromatic N) is 3. The maximum atomic E-state index is 14.0. The maximum absolute atomic E-state index is 14.0. The van der Waals surface area contributed by atoms with Crippen molar-refractivity contribution in [1.82, 2.24) is 15.2 Å². The van der Waals surface area contributed by atoms with Gasteiger partial charge in [0.2, 0.25) is 0 Å². The number of hydrogen-bond acceptors (Lipinski definition) is 4. The smallest absolute Gasteiger partial charge is 0.269 e. The molecule has 28 heavy (non-hydrogen) atoms. The van der Waals surface area contributed by atoms with Gasteiger partial charge in [-0.1, -0.05) is 25.5 Å². The fourth-order valence-corrected chi connectivity index (χ4v) is 3.20. The van der Waals surface area contributed by atoms with Gasteiger partial charge in [0, 0.05) is 44.5 Å². The second-order valence-electron chi connectivity index (χ2n) is 6.77. The average Bonchev–Trinajstić information content (AvgIpc) is 2.74. The van der Waals surface area contributed by atoms with E-state index in [1.807, 2.05) is 4.90 Å². The van der Waals surface area contributed by atoms with Crippen molar-refractivity contribution in [2.24, 2.45) is 0 Å². The number of nitrogens with one attached hydrogen (secondary N) is 1. The Morgan fingerprint density at radius 2 is 1.89 bits per heavy atom. The molecule has 0 aliphatic carbocycles. The van der Waals surface area contributed by atoms with Crippen molar-refractivity contribution in [3.8, 4) is 0 Å². The van der Waals surface area contributed by atoms with Crippen LogP contribution in [0.5, 0.6) is 0 Å². The zero-order valence-electron chi connectivity index (χ0n) is 16.0. The summed E-state index contributed by atoms with van der Waals surface area (Å²) in [7, 11) is 0. The Morgan fingerprint density at radius 3 is 2.61 bits per heavy atom. The zero-order chi connectivity index (χ0) is 19.9. The molecule has 0 bridgehead atoms. The van der Waals surface area contributed by atoms with Gasteiger partial charge in [0.25, 0.3) is 11.8 Å². The van der Waals surface area contributed by atoms with E-state index in [2.05, 4.69) is 17.2 Å². The molecule has 0 unspecified atom stereocenters. The van der Waals surface area contributed by atoms with Gasteiger partial charge in [0.15, 0.2) is 0 Å². The summed E-state index contributed by atoms with van der Waals surface area (Å²) in [6.45, 7) is 4.74. The first-order chi connectivity index (χ1) is 13.6. The number of piperazine rings is 1. The molecule has 2 amide bonds. The van der Waals surface area contributed by atoms with E-state index in [9.17, 15) is 14.0 Å². The van der Waals surface area contributed by atoms with Crippen molar-refractivity contribution in [2.75, 3.05) is 37.6 Å². The lowest BCUT2D eigenvalue weighted by Gasteiger charge is -2.36. The first-order valence-corrected chi connectivity index (χ1v) is 9.63. The number of unbranched alkanes of at least 4 members (excludes halogenated alkanes) is 1. The average molecular weight is 384 g/mol. The third kappa shape index (κ3) is 4.65. The molecule has 6 nitrogen and oxygen atoms in total. The van der Waals surface area contributed by atoms with Gasteiger partial charge in [-0.3, -0.25) is 14.6 Å². The number of carbonyl (C=O) groups is 2. The van der Waals surface area contributed by atoms with Crippen LogP contribution in [0.4, 0.5) is 10.1 Å². The molecule has 2 aromatic rings. The third-order valence-corrected chi connectivity index (χ3v) is 4.82. The lowest BCUT2D eigenvalue weighted by molar-refractivity contribution is 0.0746. The number of aromatic nitrogens is 1. The highest BCUT2D eigenvalue weighted by Gasteiger charge is 2.24. The molecule has 1 fully saturated rings. The van der Waals surface area contributed by atoms with Crippen LogP contribution in [0.25, 0.3) is 0 Å². The summed E-state index contributed by atoms with van der Waals surface area (Å²) >= 11 is 0. The van der Waals surface area contributed by atoms with Crippen molar-refractivity contribution in [3.63, 3.8) is 0 Å². The molecule has 1 aliphatic rings. The van der Waals surface area contributed by atoms with Crippen LogP contribution in [-0.2, 0) is 0 Å². The monoisotopic (exact) mass is 384 g/mol. The van der Waals surface area contributed by atoms with E-state index in [4.69, 9.17) is 0 Å². The molecular weight excluding hydrogens is 359 g/mol. The predicted octanol–water partition coefficient (Wildman–Crippen LogP) is 2.71. The summed E-state index contributed by atoms with van der Waals surface area (Å²) in [5, 5.41) is 2.81. The molecule has 0 atom stereocenters. The van der Waals surface area contributed by atoms with E-state index in [1.54, 1.807) is 29.2 Å². The van der Waals surface area contributed by atoms with Crippen LogP contribution in [0.2, 0.25) is 0 Å². The molecule has 2 heterocycles. The summed E-state index contributed by atoms with van der Waals surface area (Å²) in [4.78, 5) is 32.7. The van der Waals surface area contributed by atoms with Crippen molar-refractivity contribution in [1.29, 1.82) is 0 Å². The Kier molecular flexibility index (Phi) is 6.57. The Hall–Kier alpha value is -2.96. The number of amides is 2. The van der Waals surface area contributed by atoms with E-state index >= 15 is 0 Å². The second-order valence-corrected chi connectivity index (χ2v) is 6.77. The third-order valence-electron chi connectivity index (χ3n) is 4.82. The number of anilines is 1. The molecular formula is C21H25FN4O2. The molecule has 1 N–H and O–H groups in total. The minimum Gasteiger partial charge on any atom is -0.366 e. The highest BCUT2D eigenvalue weighted by Crippen LogP contribution is 2.20. The summed E-state index contributed by atoms with van der Waals surface area (Å²) in [5.41, 5.74) is 1.24. The number of para-hydroxylation sites is 1. The van der Waals surface area contributed by atoms with Crippen LogP contribution < -0.4 is 10.2 Å². The Labute approximate surface area is 164 Å². The standard InChI is InChI=1S/C21H25FN4O2/c1-2-3-9-24-20(27)18-15-16(8-10-23-18)21(28)26-13-11-25(12-14-26)19-7-5-4-6-17(19)22/h4-8,10,15H,2-3,9,11-14H2,1H3,(H,24,27). The number of carbonyl (C=O) groups excluding carboxylic acids is 2. The number of benzene rings is 1. The fraction of sp³-hybridized carbons (Fsp3) is 0.381. The van der Waals surface area contributed by atoms with E-state index in [1.165, 1.54) is 18.3 Å². The second kappa shape index (κ2) is 9.30. The number of rotatable bonds is 6. The van der Waals surface area contributed by atoms with Crippen LogP contribution in [0, 0.1) is 5.82 Å². The molecule has 0 saturated carbocycles. The SMILES string of the molecule is CCCCNC(=O)c1cc(C(=O)N2CCN(c3ccccc3F)CC2)ccn1. The van der Waals surface area contributed by atoms with E-state index in [0.29, 0.717) is 44.0 Å². The lowest BCUT2D eigenvalue weighted by atomic mass is 10.1. The van der Waals surface area contributed by atoms with Crippen molar-refractivity contribution in [2.45, 2.75) is 19.8 Å². The Morgan fingerprint density at radius 1 is 1.14 bits per heavy atom. The van der Waals surface area contributed by atoms with Crippen LogP contribution in [0.15, 0.2) is 42.6 Å². The molecule has 0 radical (unpaired) electrons. The molecule has 1 aliphatic heterocycles. The summed E-state index contributed by atoms with van der Waals surface area (Å²) in [6, 6.07) is 9.81. The van der Waals surface area contributed by atoms with Crippen molar-refractivity contribution >= 4 is 17.5 Å². The van der Waals surface area contributed by atoms with E-state index in [-0.39, 0.29) is 23.3 Å². The van der Waals surface area contributed by atoms with Gasteiger partial charge in [-0.05, 0) is 30.7 Å². The normalized spacial score (nSPS) is 14.1. The Bertz CT molecular complexity index is 835. The molecule has 1 saturated heterocycles. The van der Waals surface area contributed by atoms with Crippen LogP contribution in [-0.4, -0.2) is 54.4 Å². The number of halogens is 1. The van der Waals surface area contributed by atoms with Crippen molar-refractivity contribution < 1.29 is 14.0 Å². The molecule has 3 rings (SSSR count). The van der Waals surface area contributed by atoms with Gasteiger partial charge < -0.3 is 15.1 Å². The maximum Gasteiger partial charge on any atom is 0.269 e. The largest absolute Gasteiger partial charge is 0.366 e. The quantitative estimate of drug-likeness (QED) is 0.778. The highest BCUT2D eigenvalue weighted by atomic mass is 19.1. The van der Waals surface area contributed by atoms with Gasteiger partial charge in [-0.15, -0.1) is 0 Å².